The summed E-state index contributed by atoms with van der Waals surface area (Å²) in [6.07, 6.45) is 2.90. The van der Waals surface area contributed by atoms with E-state index >= 15 is 0 Å². The Morgan fingerprint density at radius 1 is 1.53 bits per heavy atom. The molecule has 0 aromatic carbocycles. The highest BCUT2D eigenvalue weighted by molar-refractivity contribution is 7.85. The molecule has 0 aromatic heterocycles. The van der Waals surface area contributed by atoms with E-state index in [0.717, 1.165) is 12.8 Å². The number of amides is 1. The van der Waals surface area contributed by atoms with E-state index < -0.39 is 21.8 Å². The van der Waals surface area contributed by atoms with Gasteiger partial charge in [-0.15, -0.1) is 0 Å². The van der Waals surface area contributed by atoms with E-state index in [1.807, 2.05) is 20.8 Å². The molecule has 6 heteroatoms. The molecule has 0 N–H and O–H groups in total. The minimum atomic E-state index is -1.30. The number of hydrogen-bond acceptors (Lipinski definition) is 3. The van der Waals surface area contributed by atoms with Gasteiger partial charge in [-0.25, -0.2) is 9.00 Å². The fraction of sp³-hybridized carbons (Fsp3) is 0.692. The van der Waals surface area contributed by atoms with Crippen molar-refractivity contribution in [2.45, 2.75) is 51.3 Å². The van der Waals surface area contributed by atoms with Gasteiger partial charge in [0, 0.05) is 12.8 Å². The van der Waals surface area contributed by atoms with Crippen LogP contribution in [0.2, 0.25) is 0 Å². The molecule has 2 atom stereocenters. The molecular formula is C13H22N2O3S. The molecule has 1 aliphatic heterocycles. The summed E-state index contributed by atoms with van der Waals surface area (Å²) in [5.74, 6) is 0.367. The Balaban J connectivity index is 2.67. The van der Waals surface area contributed by atoms with Crippen LogP contribution in [0.5, 0.6) is 0 Å². The molecule has 1 aliphatic rings. The number of carbonyl (C=O) groups excluding carboxylic acids is 1. The molecular weight excluding hydrogens is 264 g/mol. The predicted molar refractivity (Wildman–Crippen MR) is 77.4 cm³/mol. The largest absolute Gasteiger partial charge is 0.416 e. The van der Waals surface area contributed by atoms with Crippen LogP contribution in [-0.4, -0.2) is 38.8 Å². The first kappa shape index (κ1) is 15.9. The highest BCUT2D eigenvalue weighted by atomic mass is 32.2. The van der Waals surface area contributed by atoms with Crippen LogP contribution < -0.4 is 0 Å². The third-order valence-corrected chi connectivity index (χ3v) is 4.01. The summed E-state index contributed by atoms with van der Waals surface area (Å²) < 4.78 is 20.5. The molecule has 0 radical (unpaired) electrons. The molecule has 19 heavy (non-hydrogen) atoms. The van der Waals surface area contributed by atoms with Crippen molar-refractivity contribution in [2.75, 3.05) is 6.54 Å². The normalized spacial score (nSPS) is 21.7. The molecule has 5 nitrogen and oxygen atoms in total. The molecule has 1 heterocycles. The summed E-state index contributed by atoms with van der Waals surface area (Å²) in [6, 6.07) is -0.141. The fourth-order valence-electron chi connectivity index (χ4n) is 1.67. The van der Waals surface area contributed by atoms with Crippen LogP contribution in [0.25, 0.3) is 0 Å². The van der Waals surface area contributed by atoms with Gasteiger partial charge in [-0.1, -0.05) is 6.58 Å². The third-order valence-electron chi connectivity index (χ3n) is 2.65. The molecule has 0 bridgehead atoms. The van der Waals surface area contributed by atoms with Crippen LogP contribution in [-0.2, 0) is 15.7 Å². The van der Waals surface area contributed by atoms with Gasteiger partial charge in [-0.2, -0.15) is 4.40 Å². The van der Waals surface area contributed by atoms with E-state index in [9.17, 15) is 9.00 Å². The van der Waals surface area contributed by atoms with Crippen molar-refractivity contribution < 1.29 is 13.7 Å². The van der Waals surface area contributed by atoms with Gasteiger partial charge in [-0.3, -0.25) is 4.90 Å². The van der Waals surface area contributed by atoms with Crippen molar-refractivity contribution in [3.8, 4) is 0 Å². The summed E-state index contributed by atoms with van der Waals surface area (Å²) in [6.45, 7) is 11.4. The maximum absolute atomic E-state index is 11.8. The van der Waals surface area contributed by atoms with Gasteiger partial charge >= 0.3 is 6.09 Å². The van der Waals surface area contributed by atoms with Gasteiger partial charge in [0.25, 0.3) is 0 Å². The van der Waals surface area contributed by atoms with Gasteiger partial charge < -0.3 is 4.74 Å². The molecule has 1 rings (SSSR count). The second kappa shape index (κ2) is 6.32. The zero-order valence-electron chi connectivity index (χ0n) is 12.0. The summed E-state index contributed by atoms with van der Waals surface area (Å²) in [5, 5.41) is 0. The highest BCUT2D eigenvalue weighted by Gasteiger charge is 2.29. The maximum Gasteiger partial charge on any atom is 0.415 e. The van der Waals surface area contributed by atoms with Gasteiger partial charge in [-0.05, 0) is 40.5 Å². The van der Waals surface area contributed by atoms with Gasteiger partial charge in [0.2, 0.25) is 0 Å². The van der Waals surface area contributed by atoms with Crippen molar-refractivity contribution in [1.82, 2.24) is 4.90 Å². The van der Waals surface area contributed by atoms with E-state index in [1.165, 1.54) is 0 Å². The lowest BCUT2D eigenvalue weighted by Gasteiger charge is -2.21. The quantitative estimate of drug-likeness (QED) is 0.592. The molecule has 1 unspecified atom stereocenters. The smallest absolute Gasteiger partial charge is 0.415 e. The lowest BCUT2D eigenvalue weighted by molar-refractivity contribution is 0.133. The SMILES string of the molecule is C=C(C)OC(=O)N1CCC[C@H]1C=NS(=O)C(C)(C)C. The Morgan fingerprint density at radius 3 is 2.68 bits per heavy atom. The Morgan fingerprint density at radius 2 is 2.16 bits per heavy atom. The topological polar surface area (TPSA) is 59.0 Å². The van der Waals surface area contributed by atoms with Crippen LogP contribution in [0.4, 0.5) is 4.79 Å². The Hall–Kier alpha value is -1.17. The lowest BCUT2D eigenvalue weighted by Crippen LogP contribution is -2.36. The average molecular weight is 286 g/mol. The van der Waals surface area contributed by atoms with E-state index in [2.05, 4.69) is 11.0 Å². The average Bonchev–Trinajstić information content (AvgIpc) is 2.71. The maximum atomic E-state index is 11.8. The summed E-state index contributed by atoms with van der Waals surface area (Å²) in [7, 11) is -1.30. The summed E-state index contributed by atoms with van der Waals surface area (Å²) in [4.78, 5) is 13.4. The zero-order chi connectivity index (χ0) is 14.6. The van der Waals surface area contributed by atoms with Crippen LogP contribution >= 0.6 is 0 Å². The lowest BCUT2D eigenvalue weighted by atomic mass is 10.2. The first-order valence-corrected chi connectivity index (χ1v) is 7.42. The molecule has 0 aliphatic carbocycles. The van der Waals surface area contributed by atoms with E-state index in [4.69, 9.17) is 4.74 Å². The standard InChI is InChI=1S/C13H22N2O3S/c1-10(2)18-12(16)15-8-6-7-11(15)9-14-19(17)13(3,4)5/h9,11H,1,6-8H2,2-5H3/t11-,19?/m0/s1. The predicted octanol–water partition coefficient (Wildman–Crippen LogP) is 2.65. The summed E-state index contributed by atoms with van der Waals surface area (Å²) >= 11 is 0. The van der Waals surface area contributed by atoms with Crippen molar-refractivity contribution in [1.29, 1.82) is 0 Å². The highest BCUT2D eigenvalue weighted by Crippen LogP contribution is 2.19. The molecule has 108 valence electrons. The van der Waals surface area contributed by atoms with Crippen molar-refractivity contribution >= 4 is 23.3 Å². The number of rotatable bonds is 3. The second-order valence-electron chi connectivity index (χ2n) is 5.59. The monoisotopic (exact) mass is 286 g/mol. The number of nitrogens with zero attached hydrogens (tertiary/aromatic N) is 2. The number of carbonyl (C=O) groups is 1. The van der Waals surface area contributed by atoms with Crippen molar-refractivity contribution in [3.05, 3.63) is 12.3 Å². The Bertz CT molecular complexity index is 413. The van der Waals surface area contributed by atoms with Crippen LogP contribution in [0.3, 0.4) is 0 Å². The van der Waals surface area contributed by atoms with E-state index in [0.29, 0.717) is 12.3 Å². The first-order valence-electron chi connectivity index (χ1n) is 6.32. The number of hydrogen-bond donors (Lipinski definition) is 0. The Kier molecular flexibility index (Phi) is 5.29. The molecule has 0 spiro atoms. The van der Waals surface area contributed by atoms with Crippen molar-refractivity contribution in [2.24, 2.45) is 4.40 Å². The van der Waals surface area contributed by atoms with Crippen LogP contribution in [0.1, 0.15) is 40.5 Å². The minimum absolute atomic E-state index is 0.141. The number of allylic oxidation sites excluding steroid dienone is 1. The Labute approximate surface area is 117 Å². The van der Waals surface area contributed by atoms with E-state index in [1.54, 1.807) is 18.0 Å². The molecule has 1 saturated heterocycles. The zero-order valence-corrected chi connectivity index (χ0v) is 12.8. The molecule has 1 amide bonds. The van der Waals surface area contributed by atoms with Gasteiger partial charge in [0.1, 0.15) is 11.0 Å². The van der Waals surface area contributed by atoms with Gasteiger partial charge in [0.05, 0.1) is 16.5 Å². The fourth-order valence-corrected chi connectivity index (χ4v) is 2.23. The molecule has 1 fully saturated rings. The number of likely N-dealkylation sites (tertiary alicyclic amines) is 1. The van der Waals surface area contributed by atoms with Crippen molar-refractivity contribution in [3.63, 3.8) is 0 Å². The second-order valence-corrected chi connectivity index (χ2v) is 7.52. The minimum Gasteiger partial charge on any atom is -0.416 e. The third kappa shape index (κ3) is 4.78. The first-order chi connectivity index (χ1) is 8.71. The molecule has 0 aromatic rings. The molecule has 0 saturated carbocycles. The number of ether oxygens (including phenoxy) is 1. The van der Waals surface area contributed by atoms with E-state index in [-0.39, 0.29) is 6.04 Å². The van der Waals surface area contributed by atoms with Crippen LogP contribution in [0, 0.1) is 0 Å². The van der Waals surface area contributed by atoms with Crippen LogP contribution in [0.15, 0.2) is 16.7 Å². The summed E-state index contributed by atoms with van der Waals surface area (Å²) in [5.41, 5.74) is 0. The van der Waals surface area contributed by atoms with Gasteiger partial charge in [0.15, 0.2) is 0 Å².